The van der Waals surface area contributed by atoms with Gasteiger partial charge in [-0.25, -0.2) is 0 Å². The van der Waals surface area contributed by atoms with Crippen molar-refractivity contribution in [3.8, 4) is 41.9 Å². The van der Waals surface area contributed by atoms with Crippen molar-refractivity contribution in [1.29, 1.82) is 0 Å². The van der Waals surface area contributed by atoms with Crippen molar-refractivity contribution in [2.24, 2.45) is 0 Å². The van der Waals surface area contributed by atoms with Gasteiger partial charge in [0, 0.05) is 12.2 Å². The third kappa shape index (κ3) is 8.75. The van der Waals surface area contributed by atoms with Crippen LogP contribution in [0.3, 0.4) is 0 Å². The molecule has 3 aromatic carbocycles. The van der Waals surface area contributed by atoms with E-state index in [1.807, 2.05) is 24.3 Å². The number of aliphatic hydroxyl groups is 1. The highest BCUT2D eigenvalue weighted by molar-refractivity contribution is 5.85. The highest BCUT2D eigenvalue weighted by Gasteiger charge is 2.03. The lowest BCUT2D eigenvalue weighted by molar-refractivity contribution is 0.287. The molecule has 0 aliphatic rings. The Hall–Kier alpha value is -3.60. The van der Waals surface area contributed by atoms with Crippen molar-refractivity contribution in [3.63, 3.8) is 0 Å². The molecule has 0 saturated carbocycles. The number of unbranched alkanes of at least 4 members (excludes halogenated alkanes) is 1. The maximum Gasteiger partial charge on any atom is 0.163 e. The number of hydrogen-bond donors (Lipinski definition) is 3. The summed E-state index contributed by atoms with van der Waals surface area (Å²) in [6.07, 6.45) is 12.2. The van der Waals surface area contributed by atoms with Crippen LogP contribution < -0.4 is 4.74 Å². The Bertz CT molecular complexity index is 945. The van der Waals surface area contributed by atoms with E-state index in [9.17, 15) is 5.11 Å². The van der Waals surface area contributed by atoms with Crippen LogP contribution in [0.1, 0.15) is 25.3 Å². The number of terminal acetylenes is 2. The van der Waals surface area contributed by atoms with E-state index < -0.39 is 0 Å². The molecule has 0 fully saturated rings. The van der Waals surface area contributed by atoms with E-state index in [4.69, 9.17) is 27.8 Å². The Balaban J connectivity index is 0.000000255. The number of aromatic hydroxyl groups is 2. The van der Waals surface area contributed by atoms with Crippen LogP contribution in [0.4, 0.5) is 0 Å². The minimum absolute atomic E-state index is 0.115. The van der Waals surface area contributed by atoms with E-state index in [0.29, 0.717) is 12.4 Å². The first kappa shape index (κ1) is 23.4. The van der Waals surface area contributed by atoms with E-state index in [0.717, 1.165) is 29.2 Å². The number of phenols is 2. The predicted molar refractivity (Wildman–Crippen MR) is 118 cm³/mol. The zero-order valence-corrected chi connectivity index (χ0v) is 16.5. The molecule has 0 spiro atoms. The van der Waals surface area contributed by atoms with Crippen molar-refractivity contribution < 1.29 is 20.1 Å². The van der Waals surface area contributed by atoms with Gasteiger partial charge in [0.05, 0.1) is 0 Å². The first-order valence-corrected chi connectivity index (χ1v) is 9.20. The van der Waals surface area contributed by atoms with E-state index in [2.05, 4.69) is 18.8 Å². The summed E-state index contributed by atoms with van der Waals surface area (Å²) in [5.41, 5.74) is 0.785. The smallest absolute Gasteiger partial charge is 0.163 e. The zero-order chi connectivity index (χ0) is 21.5. The third-order valence-corrected chi connectivity index (χ3v) is 3.68. The van der Waals surface area contributed by atoms with Gasteiger partial charge >= 0.3 is 0 Å². The standard InChI is InChI=1S/C13H10O2.C8H6O.C4H10O/c1-2-7-15-13-9-11-6-4-3-5-10(11)8-12(13)14;1-2-7-3-5-8(9)6-4-7;1-2-3-4-5/h1,3-6,8-9,14H,7H2;1,3-6,9H;5H,2-4H2,1H3. The van der Waals surface area contributed by atoms with Crippen molar-refractivity contribution >= 4 is 10.8 Å². The predicted octanol–water partition coefficient (Wildman–Crippen LogP) is 4.71. The van der Waals surface area contributed by atoms with E-state index in [1.54, 1.807) is 36.4 Å². The fourth-order valence-corrected chi connectivity index (χ4v) is 2.16. The number of phenolic OH excluding ortho intramolecular Hbond substituents is 2. The minimum Gasteiger partial charge on any atom is -0.508 e. The molecule has 4 heteroatoms. The third-order valence-electron chi connectivity index (χ3n) is 3.68. The lowest BCUT2D eigenvalue weighted by Gasteiger charge is -2.06. The number of hydrogen-bond acceptors (Lipinski definition) is 4. The molecule has 3 N–H and O–H groups in total. The summed E-state index contributed by atoms with van der Waals surface area (Å²) in [5.74, 6) is 5.58. The normalized spacial score (nSPS) is 9.10. The average Bonchev–Trinajstić information content (AvgIpc) is 2.74. The molecule has 29 heavy (non-hydrogen) atoms. The number of fused-ring (bicyclic) bond motifs is 1. The van der Waals surface area contributed by atoms with Crippen molar-refractivity contribution in [2.45, 2.75) is 19.8 Å². The first-order chi connectivity index (χ1) is 14.0. The SMILES string of the molecule is C#CCOc1cc2ccccc2cc1O.C#Cc1ccc(O)cc1.CCCCO. The van der Waals surface area contributed by atoms with Crippen molar-refractivity contribution in [3.05, 3.63) is 66.2 Å². The quantitative estimate of drug-likeness (QED) is 0.564. The first-order valence-electron chi connectivity index (χ1n) is 9.20. The summed E-state index contributed by atoms with van der Waals surface area (Å²) in [6.45, 7) is 2.55. The monoisotopic (exact) mass is 390 g/mol. The van der Waals surface area contributed by atoms with Gasteiger partial charge < -0.3 is 20.1 Å². The van der Waals surface area contributed by atoms with Crippen molar-refractivity contribution in [1.82, 2.24) is 0 Å². The summed E-state index contributed by atoms with van der Waals surface area (Å²) in [7, 11) is 0. The van der Waals surface area contributed by atoms with Crippen LogP contribution in [-0.4, -0.2) is 28.5 Å². The summed E-state index contributed by atoms with van der Waals surface area (Å²) >= 11 is 0. The maximum atomic E-state index is 9.64. The molecule has 4 nitrogen and oxygen atoms in total. The molecule has 0 bridgehead atoms. The molecule has 0 aliphatic heterocycles. The van der Waals surface area contributed by atoms with Gasteiger partial charge in [-0.2, -0.15) is 0 Å². The number of ether oxygens (including phenoxy) is 1. The Morgan fingerprint density at radius 3 is 2.03 bits per heavy atom. The molecule has 0 radical (unpaired) electrons. The van der Waals surface area contributed by atoms with Crippen LogP contribution in [0.15, 0.2) is 60.7 Å². The Kier molecular flexibility index (Phi) is 11.0. The van der Waals surface area contributed by atoms with Crippen LogP contribution in [0.25, 0.3) is 10.8 Å². The van der Waals surface area contributed by atoms with Crippen LogP contribution in [0.2, 0.25) is 0 Å². The van der Waals surface area contributed by atoms with Gasteiger partial charge in [0.15, 0.2) is 11.5 Å². The van der Waals surface area contributed by atoms with Crippen LogP contribution >= 0.6 is 0 Å². The molecule has 0 heterocycles. The van der Waals surface area contributed by atoms with Crippen LogP contribution in [0, 0.1) is 24.7 Å². The van der Waals surface area contributed by atoms with Gasteiger partial charge in [-0.3, -0.25) is 0 Å². The van der Waals surface area contributed by atoms with Gasteiger partial charge in [0.2, 0.25) is 0 Å². The maximum absolute atomic E-state index is 9.64. The molecular formula is C25H26O4. The Morgan fingerprint density at radius 1 is 0.931 bits per heavy atom. The molecule has 0 amide bonds. The lowest BCUT2D eigenvalue weighted by atomic mass is 10.1. The summed E-state index contributed by atoms with van der Waals surface area (Å²) < 4.78 is 5.21. The van der Waals surface area contributed by atoms with Crippen LogP contribution in [0.5, 0.6) is 17.2 Å². The van der Waals surface area contributed by atoms with Gasteiger partial charge in [-0.05, 0) is 53.6 Å². The van der Waals surface area contributed by atoms with Gasteiger partial charge in [0.1, 0.15) is 12.4 Å². The fraction of sp³-hybridized carbons (Fsp3) is 0.200. The van der Waals surface area contributed by atoms with E-state index in [-0.39, 0.29) is 18.1 Å². The molecular weight excluding hydrogens is 364 g/mol. The molecule has 150 valence electrons. The van der Waals surface area contributed by atoms with Gasteiger partial charge in [-0.1, -0.05) is 49.5 Å². The lowest BCUT2D eigenvalue weighted by Crippen LogP contribution is -1.93. The topological polar surface area (TPSA) is 69.9 Å². The Labute approximate surface area is 172 Å². The second-order valence-corrected chi connectivity index (χ2v) is 5.93. The van der Waals surface area contributed by atoms with Crippen molar-refractivity contribution in [2.75, 3.05) is 13.2 Å². The van der Waals surface area contributed by atoms with Gasteiger partial charge in [-0.15, -0.1) is 12.8 Å². The molecule has 0 unspecified atom stereocenters. The molecule has 0 aliphatic carbocycles. The summed E-state index contributed by atoms with van der Waals surface area (Å²) in [5, 5.41) is 28.5. The molecule has 3 rings (SSSR count). The zero-order valence-electron chi connectivity index (χ0n) is 16.5. The van der Waals surface area contributed by atoms with E-state index in [1.165, 1.54) is 0 Å². The number of rotatable bonds is 4. The summed E-state index contributed by atoms with van der Waals surface area (Å²) in [6, 6.07) is 17.7. The largest absolute Gasteiger partial charge is 0.508 e. The second-order valence-electron chi connectivity index (χ2n) is 5.93. The highest BCUT2D eigenvalue weighted by atomic mass is 16.5. The molecule has 0 aromatic heterocycles. The molecule has 0 atom stereocenters. The molecule has 3 aromatic rings. The molecule has 0 saturated heterocycles. The second kappa shape index (κ2) is 13.6. The number of benzene rings is 3. The fourth-order valence-electron chi connectivity index (χ4n) is 2.16. The van der Waals surface area contributed by atoms with Gasteiger partial charge in [0.25, 0.3) is 0 Å². The van der Waals surface area contributed by atoms with Crippen LogP contribution in [-0.2, 0) is 0 Å². The summed E-state index contributed by atoms with van der Waals surface area (Å²) in [4.78, 5) is 0. The Morgan fingerprint density at radius 2 is 1.55 bits per heavy atom. The average molecular weight is 390 g/mol. The van der Waals surface area contributed by atoms with E-state index >= 15 is 0 Å². The highest BCUT2D eigenvalue weighted by Crippen LogP contribution is 2.31. The minimum atomic E-state index is 0.115. The number of aliphatic hydroxyl groups excluding tert-OH is 1.